The minimum atomic E-state index is -0.689. The number of esters is 1. The van der Waals surface area contributed by atoms with Gasteiger partial charge in [0.1, 0.15) is 5.75 Å². The van der Waals surface area contributed by atoms with Crippen LogP contribution in [0.1, 0.15) is 6.92 Å². The van der Waals surface area contributed by atoms with Gasteiger partial charge in [-0.25, -0.2) is 4.79 Å². The van der Waals surface area contributed by atoms with Crippen LogP contribution in [0.4, 0.5) is 5.69 Å². The van der Waals surface area contributed by atoms with Gasteiger partial charge in [-0.15, -0.1) is 0 Å². The van der Waals surface area contributed by atoms with Gasteiger partial charge < -0.3 is 9.47 Å². The summed E-state index contributed by atoms with van der Waals surface area (Å²) in [5.41, 5.74) is 3.16. The molecular formula is C11H12Cl2N2O3. The zero-order chi connectivity index (χ0) is 13.5. The van der Waals surface area contributed by atoms with E-state index in [9.17, 15) is 4.79 Å². The SMILES string of the molecule is CCOC(=O)/C(Cl)=N/Nc1ccc(OC)c(Cl)c1. The summed E-state index contributed by atoms with van der Waals surface area (Å²) in [7, 11) is 1.52. The fourth-order valence-electron chi connectivity index (χ4n) is 1.09. The van der Waals surface area contributed by atoms with Crippen LogP contribution in [0.3, 0.4) is 0 Å². The van der Waals surface area contributed by atoms with Gasteiger partial charge in [-0.05, 0) is 25.1 Å². The van der Waals surface area contributed by atoms with E-state index in [0.29, 0.717) is 16.5 Å². The molecule has 1 aromatic rings. The van der Waals surface area contributed by atoms with Crippen LogP contribution in [0.25, 0.3) is 0 Å². The van der Waals surface area contributed by atoms with Crippen LogP contribution in [0.5, 0.6) is 5.75 Å². The lowest BCUT2D eigenvalue weighted by molar-refractivity contribution is -0.134. The van der Waals surface area contributed by atoms with Crippen molar-refractivity contribution in [1.82, 2.24) is 0 Å². The Balaban J connectivity index is 2.71. The number of methoxy groups -OCH3 is 1. The van der Waals surface area contributed by atoms with Gasteiger partial charge in [-0.1, -0.05) is 23.2 Å². The summed E-state index contributed by atoms with van der Waals surface area (Å²) in [6.07, 6.45) is 0. The van der Waals surface area contributed by atoms with Crippen LogP contribution in [-0.2, 0) is 9.53 Å². The molecule has 5 nitrogen and oxygen atoms in total. The van der Waals surface area contributed by atoms with Gasteiger partial charge >= 0.3 is 5.97 Å². The van der Waals surface area contributed by atoms with Crippen LogP contribution in [0.15, 0.2) is 23.3 Å². The minimum Gasteiger partial charge on any atom is -0.495 e. The summed E-state index contributed by atoms with van der Waals surface area (Å²) in [4.78, 5) is 11.2. The predicted octanol–water partition coefficient (Wildman–Crippen LogP) is 2.88. The molecule has 0 fully saturated rings. The summed E-state index contributed by atoms with van der Waals surface area (Å²) in [5, 5.41) is 3.80. The van der Waals surface area contributed by atoms with Crippen LogP contribution in [0, 0.1) is 0 Å². The summed E-state index contributed by atoms with van der Waals surface area (Å²) < 4.78 is 9.66. The molecule has 0 atom stereocenters. The van der Waals surface area contributed by atoms with Crippen molar-refractivity contribution in [1.29, 1.82) is 0 Å². The van der Waals surface area contributed by atoms with Crippen LogP contribution in [0.2, 0.25) is 5.02 Å². The highest BCUT2D eigenvalue weighted by molar-refractivity contribution is 6.82. The lowest BCUT2D eigenvalue weighted by atomic mass is 10.3. The van der Waals surface area contributed by atoms with E-state index < -0.39 is 5.97 Å². The third kappa shape index (κ3) is 4.09. The molecule has 0 saturated carbocycles. The number of carbonyl (C=O) groups is 1. The van der Waals surface area contributed by atoms with Crippen LogP contribution >= 0.6 is 23.2 Å². The molecule has 0 saturated heterocycles. The number of hydrazone groups is 1. The largest absolute Gasteiger partial charge is 0.495 e. The zero-order valence-corrected chi connectivity index (χ0v) is 11.4. The van der Waals surface area contributed by atoms with Gasteiger partial charge in [-0.2, -0.15) is 5.10 Å². The number of benzene rings is 1. The topological polar surface area (TPSA) is 59.9 Å². The molecule has 18 heavy (non-hydrogen) atoms. The van der Waals surface area contributed by atoms with Crippen molar-refractivity contribution in [3.8, 4) is 5.75 Å². The molecule has 0 aliphatic rings. The first kappa shape index (κ1) is 14.6. The number of halogens is 2. The second-order valence-corrected chi connectivity index (χ2v) is 3.85. The highest BCUT2D eigenvalue weighted by atomic mass is 35.5. The number of anilines is 1. The third-order valence-corrected chi connectivity index (χ3v) is 2.41. The predicted molar refractivity (Wildman–Crippen MR) is 71.5 cm³/mol. The number of hydrogen-bond acceptors (Lipinski definition) is 5. The molecule has 0 aliphatic heterocycles. The smallest absolute Gasteiger partial charge is 0.370 e. The van der Waals surface area contributed by atoms with Crippen molar-refractivity contribution >= 4 is 40.0 Å². The average molecular weight is 291 g/mol. The zero-order valence-electron chi connectivity index (χ0n) is 9.87. The van der Waals surface area contributed by atoms with E-state index in [1.165, 1.54) is 7.11 Å². The van der Waals surface area contributed by atoms with Gasteiger partial charge in [0.15, 0.2) is 0 Å². The molecule has 98 valence electrons. The minimum absolute atomic E-state index is 0.235. The average Bonchev–Trinajstić information content (AvgIpc) is 2.36. The first-order valence-electron chi connectivity index (χ1n) is 5.08. The molecule has 1 aromatic carbocycles. The molecule has 0 amide bonds. The van der Waals surface area contributed by atoms with Gasteiger partial charge in [-0.3, -0.25) is 5.43 Å². The maximum Gasteiger partial charge on any atom is 0.370 e. The van der Waals surface area contributed by atoms with E-state index in [-0.39, 0.29) is 11.8 Å². The van der Waals surface area contributed by atoms with Crippen LogP contribution in [-0.4, -0.2) is 24.9 Å². The Kier molecular flexibility index (Phi) is 5.74. The quantitative estimate of drug-likeness (QED) is 0.515. The number of ether oxygens (including phenoxy) is 2. The molecule has 7 heteroatoms. The number of nitrogens with zero attached hydrogens (tertiary/aromatic N) is 1. The van der Waals surface area contributed by atoms with Crippen molar-refractivity contribution < 1.29 is 14.3 Å². The Bertz CT molecular complexity index is 464. The summed E-state index contributed by atoms with van der Waals surface area (Å²) in [5.74, 6) is -0.144. The van der Waals surface area contributed by atoms with E-state index in [1.807, 2.05) is 0 Å². The molecule has 0 aliphatic carbocycles. The lowest BCUT2D eigenvalue weighted by Crippen LogP contribution is -2.13. The number of nitrogens with one attached hydrogen (secondary N) is 1. The standard InChI is InChI=1S/C11H12Cl2N2O3/c1-3-18-11(16)10(13)15-14-7-4-5-9(17-2)8(12)6-7/h4-6,14H,3H2,1-2H3/b15-10-. The summed E-state index contributed by atoms with van der Waals surface area (Å²) in [6, 6.07) is 4.95. The fraction of sp³-hybridized carbons (Fsp3) is 0.273. The third-order valence-electron chi connectivity index (χ3n) is 1.88. The molecule has 0 spiro atoms. The Hall–Kier alpha value is -1.46. The van der Waals surface area contributed by atoms with E-state index in [0.717, 1.165) is 0 Å². The van der Waals surface area contributed by atoms with Crippen LogP contribution < -0.4 is 10.2 Å². The molecule has 0 aromatic heterocycles. The Morgan fingerprint density at radius 1 is 1.50 bits per heavy atom. The van der Waals surface area contributed by atoms with Gasteiger partial charge in [0.2, 0.25) is 5.17 Å². The van der Waals surface area contributed by atoms with Crippen molar-refractivity contribution in [3.63, 3.8) is 0 Å². The normalized spacial score (nSPS) is 11.0. The maximum absolute atomic E-state index is 11.2. The summed E-state index contributed by atoms with van der Waals surface area (Å²) in [6.45, 7) is 1.91. The second kappa shape index (κ2) is 7.08. The molecule has 0 heterocycles. The van der Waals surface area contributed by atoms with Crippen molar-refractivity contribution in [2.75, 3.05) is 19.1 Å². The monoisotopic (exact) mass is 290 g/mol. The Labute approximate surface area is 115 Å². The highest BCUT2D eigenvalue weighted by Gasteiger charge is 2.09. The van der Waals surface area contributed by atoms with Gasteiger partial charge in [0.05, 0.1) is 24.4 Å². The van der Waals surface area contributed by atoms with Crippen molar-refractivity contribution in [3.05, 3.63) is 23.2 Å². The molecule has 1 rings (SSSR count). The number of rotatable bonds is 5. The molecule has 1 N–H and O–H groups in total. The molecular weight excluding hydrogens is 279 g/mol. The van der Waals surface area contributed by atoms with E-state index in [2.05, 4.69) is 15.3 Å². The molecule has 0 bridgehead atoms. The Morgan fingerprint density at radius 2 is 2.22 bits per heavy atom. The fourth-order valence-corrected chi connectivity index (χ4v) is 1.44. The highest BCUT2D eigenvalue weighted by Crippen LogP contribution is 2.27. The van der Waals surface area contributed by atoms with Crippen molar-refractivity contribution in [2.45, 2.75) is 6.92 Å². The molecule has 0 unspecified atom stereocenters. The van der Waals surface area contributed by atoms with Gasteiger partial charge in [0.25, 0.3) is 0 Å². The van der Waals surface area contributed by atoms with Gasteiger partial charge in [0, 0.05) is 0 Å². The number of hydrogen-bond donors (Lipinski definition) is 1. The number of carbonyl (C=O) groups excluding carboxylic acids is 1. The van der Waals surface area contributed by atoms with E-state index in [1.54, 1.807) is 25.1 Å². The van der Waals surface area contributed by atoms with E-state index >= 15 is 0 Å². The first-order valence-corrected chi connectivity index (χ1v) is 5.84. The van der Waals surface area contributed by atoms with E-state index in [4.69, 9.17) is 27.9 Å². The first-order chi connectivity index (χ1) is 8.58. The lowest BCUT2D eigenvalue weighted by Gasteiger charge is -2.05. The summed E-state index contributed by atoms with van der Waals surface area (Å²) >= 11 is 11.5. The molecule has 0 radical (unpaired) electrons. The van der Waals surface area contributed by atoms with Crippen molar-refractivity contribution in [2.24, 2.45) is 5.10 Å². The second-order valence-electron chi connectivity index (χ2n) is 3.08. The Morgan fingerprint density at radius 3 is 2.78 bits per heavy atom. The maximum atomic E-state index is 11.2.